The standard InChI is InChI=1S/C18H19FN6/c19-14-3-1-12(2-4-14)16-17(13-9-22-18(20)23-10-13)25(11-24-16)15-5-7-21-8-6-15/h1-4,9-11,15,21H,5-8H2,(H2,20,22,23). The zero-order chi connectivity index (χ0) is 17.2. The van der Waals surface area contributed by atoms with Crippen molar-refractivity contribution in [2.45, 2.75) is 18.9 Å². The van der Waals surface area contributed by atoms with E-state index in [1.807, 2.05) is 6.33 Å². The molecular formula is C18H19FN6. The van der Waals surface area contributed by atoms with Gasteiger partial charge in [-0.2, -0.15) is 0 Å². The Morgan fingerprint density at radius 1 is 1.00 bits per heavy atom. The molecule has 1 aromatic carbocycles. The van der Waals surface area contributed by atoms with Crippen molar-refractivity contribution < 1.29 is 4.39 Å². The minimum absolute atomic E-state index is 0.236. The van der Waals surface area contributed by atoms with Crippen LogP contribution in [0.25, 0.3) is 22.5 Å². The van der Waals surface area contributed by atoms with Crippen molar-refractivity contribution in [3.63, 3.8) is 0 Å². The summed E-state index contributed by atoms with van der Waals surface area (Å²) in [5, 5.41) is 3.38. The predicted molar refractivity (Wildman–Crippen MR) is 94.2 cm³/mol. The molecule has 6 nitrogen and oxygen atoms in total. The summed E-state index contributed by atoms with van der Waals surface area (Å²) in [5.74, 6) is -0.0288. The second-order valence-electron chi connectivity index (χ2n) is 6.17. The fourth-order valence-corrected chi connectivity index (χ4v) is 3.29. The molecule has 1 saturated heterocycles. The zero-order valence-corrected chi connectivity index (χ0v) is 13.7. The van der Waals surface area contributed by atoms with Gasteiger partial charge in [0.05, 0.1) is 17.7 Å². The maximum atomic E-state index is 13.3. The minimum atomic E-state index is -0.265. The number of hydrogen-bond acceptors (Lipinski definition) is 5. The van der Waals surface area contributed by atoms with E-state index in [1.54, 1.807) is 24.5 Å². The van der Waals surface area contributed by atoms with Gasteiger partial charge in [0.25, 0.3) is 0 Å². The molecule has 3 heterocycles. The van der Waals surface area contributed by atoms with E-state index in [4.69, 9.17) is 5.73 Å². The van der Waals surface area contributed by atoms with Crippen LogP contribution in [0.15, 0.2) is 43.0 Å². The smallest absolute Gasteiger partial charge is 0.219 e. The van der Waals surface area contributed by atoms with Gasteiger partial charge in [-0.05, 0) is 50.2 Å². The van der Waals surface area contributed by atoms with Crippen LogP contribution in [0.2, 0.25) is 0 Å². The van der Waals surface area contributed by atoms with Crippen molar-refractivity contribution in [3.8, 4) is 22.5 Å². The maximum absolute atomic E-state index is 13.3. The monoisotopic (exact) mass is 338 g/mol. The molecule has 0 atom stereocenters. The minimum Gasteiger partial charge on any atom is -0.368 e. The number of nitrogens with two attached hydrogens (primary N) is 1. The molecule has 0 unspecified atom stereocenters. The van der Waals surface area contributed by atoms with E-state index in [2.05, 4.69) is 24.8 Å². The number of halogens is 1. The molecular weight excluding hydrogens is 319 g/mol. The van der Waals surface area contributed by atoms with Crippen molar-refractivity contribution in [1.82, 2.24) is 24.8 Å². The van der Waals surface area contributed by atoms with Crippen LogP contribution in [-0.4, -0.2) is 32.6 Å². The normalized spacial score (nSPS) is 15.4. The first-order valence-corrected chi connectivity index (χ1v) is 8.34. The van der Waals surface area contributed by atoms with Gasteiger partial charge in [-0.3, -0.25) is 0 Å². The molecule has 1 aliphatic heterocycles. The Hall–Kier alpha value is -2.80. The lowest BCUT2D eigenvalue weighted by atomic mass is 10.0. The van der Waals surface area contributed by atoms with Gasteiger partial charge in [0.2, 0.25) is 5.95 Å². The molecule has 2 aromatic heterocycles. The van der Waals surface area contributed by atoms with E-state index >= 15 is 0 Å². The largest absolute Gasteiger partial charge is 0.368 e. The van der Waals surface area contributed by atoms with Gasteiger partial charge in [0, 0.05) is 29.6 Å². The molecule has 0 spiro atoms. The van der Waals surface area contributed by atoms with Gasteiger partial charge in [0.15, 0.2) is 0 Å². The highest BCUT2D eigenvalue weighted by Gasteiger charge is 2.22. The Bertz CT molecular complexity index is 850. The molecule has 128 valence electrons. The molecule has 3 N–H and O–H groups in total. The van der Waals surface area contributed by atoms with E-state index in [0.29, 0.717) is 6.04 Å². The van der Waals surface area contributed by atoms with Crippen molar-refractivity contribution in [2.75, 3.05) is 18.8 Å². The lowest BCUT2D eigenvalue weighted by Gasteiger charge is -2.25. The van der Waals surface area contributed by atoms with Crippen LogP contribution in [0, 0.1) is 5.82 Å². The van der Waals surface area contributed by atoms with Gasteiger partial charge in [-0.25, -0.2) is 19.3 Å². The predicted octanol–water partition coefficient (Wildman–Crippen LogP) is 2.65. The quantitative estimate of drug-likeness (QED) is 0.767. The molecule has 1 fully saturated rings. The van der Waals surface area contributed by atoms with Crippen LogP contribution >= 0.6 is 0 Å². The number of aromatic nitrogens is 4. The molecule has 0 aliphatic carbocycles. The topological polar surface area (TPSA) is 81.6 Å². The van der Waals surface area contributed by atoms with Crippen molar-refractivity contribution in [2.24, 2.45) is 0 Å². The lowest BCUT2D eigenvalue weighted by molar-refractivity contribution is 0.370. The van der Waals surface area contributed by atoms with E-state index in [0.717, 1.165) is 48.4 Å². The molecule has 25 heavy (non-hydrogen) atoms. The van der Waals surface area contributed by atoms with Gasteiger partial charge >= 0.3 is 0 Å². The summed E-state index contributed by atoms with van der Waals surface area (Å²) >= 11 is 0. The van der Waals surface area contributed by atoms with Crippen molar-refractivity contribution >= 4 is 5.95 Å². The van der Waals surface area contributed by atoms with E-state index in [-0.39, 0.29) is 11.8 Å². The molecule has 0 saturated carbocycles. The Morgan fingerprint density at radius 2 is 1.68 bits per heavy atom. The average Bonchev–Trinajstić information content (AvgIpc) is 3.09. The van der Waals surface area contributed by atoms with E-state index in [9.17, 15) is 4.39 Å². The first-order chi connectivity index (χ1) is 12.2. The SMILES string of the molecule is Nc1ncc(-c2c(-c3ccc(F)cc3)ncn2C2CCNCC2)cn1. The van der Waals surface area contributed by atoms with E-state index < -0.39 is 0 Å². The first kappa shape index (κ1) is 15.7. The van der Waals surface area contributed by atoms with Crippen LogP contribution in [0.1, 0.15) is 18.9 Å². The van der Waals surface area contributed by atoms with Gasteiger partial charge in [-0.15, -0.1) is 0 Å². The second kappa shape index (κ2) is 6.60. The average molecular weight is 338 g/mol. The Kier molecular flexibility index (Phi) is 4.15. The summed E-state index contributed by atoms with van der Waals surface area (Å²) in [6.45, 7) is 1.96. The van der Waals surface area contributed by atoms with Crippen LogP contribution in [-0.2, 0) is 0 Å². The summed E-state index contributed by atoms with van der Waals surface area (Å²) < 4.78 is 15.5. The van der Waals surface area contributed by atoms with Crippen LogP contribution in [0.5, 0.6) is 0 Å². The fourth-order valence-electron chi connectivity index (χ4n) is 3.29. The molecule has 0 amide bonds. The highest BCUT2D eigenvalue weighted by molar-refractivity contribution is 5.78. The summed E-state index contributed by atoms with van der Waals surface area (Å²) in [5.41, 5.74) is 9.09. The number of nitrogens with one attached hydrogen (secondary N) is 1. The molecule has 3 aromatic rings. The molecule has 0 radical (unpaired) electrons. The third kappa shape index (κ3) is 3.10. The molecule has 0 bridgehead atoms. The van der Waals surface area contributed by atoms with Crippen molar-refractivity contribution in [3.05, 3.63) is 48.8 Å². The molecule has 1 aliphatic rings. The summed E-state index contributed by atoms with van der Waals surface area (Å²) in [6, 6.07) is 6.73. The second-order valence-corrected chi connectivity index (χ2v) is 6.17. The highest BCUT2D eigenvalue weighted by atomic mass is 19.1. The molecule has 7 heteroatoms. The summed E-state index contributed by atoms with van der Waals surface area (Å²) in [6.07, 6.45) is 7.35. The highest BCUT2D eigenvalue weighted by Crippen LogP contribution is 2.34. The van der Waals surface area contributed by atoms with Gasteiger partial charge < -0.3 is 15.6 Å². The fraction of sp³-hybridized carbons (Fsp3) is 0.278. The lowest BCUT2D eigenvalue weighted by Crippen LogP contribution is -2.29. The Morgan fingerprint density at radius 3 is 2.36 bits per heavy atom. The first-order valence-electron chi connectivity index (χ1n) is 8.34. The maximum Gasteiger partial charge on any atom is 0.219 e. The van der Waals surface area contributed by atoms with Crippen molar-refractivity contribution in [1.29, 1.82) is 0 Å². The third-order valence-electron chi connectivity index (χ3n) is 4.56. The van der Waals surface area contributed by atoms with Crippen LogP contribution in [0.4, 0.5) is 10.3 Å². The van der Waals surface area contributed by atoms with Crippen LogP contribution in [0.3, 0.4) is 0 Å². The number of nitrogens with zero attached hydrogens (tertiary/aromatic N) is 4. The summed E-state index contributed by atoms with van der Waals surface area (Å²) in [7, 11) is 0. The number of anilines is 1. The number of hydrogen-bond donors (Lipinski definition) is 2. The van der Waals surface area contributed by atoms with E-state index in [1.165, 1.54) is 12.1 Å². The Balaban J connectivity index is 1.84. The number of imidazole rings is 1. The van der Waals surface area contributed by atoms with Gasteiger partial charge in [0.1, 0.15) is 5.82 Å². The third-order valence-corrected chi connectivity index (χ3v) is 4.56. The number of rotatable bonds is 3. The number of nitrogen functional groups attached to an aromatic ring is 1. The molecule has 4 rings (SSSR count). The number of benzene rings is 1. The van der Waals surface area contributed by atoms with Crippen LogP contribution < -0.4 is 11.1 Å². The summed E-state index contributed by atoms with van der Waals surface area (Å²) in [4.78, 5) is 12.9. The zero-order valence-electron chi connectivity index (χ0n) is 13.7. The Labute approximate surface area is 144 Å². The number of piperidine rings is 1. The van der Waals surface area contributed by atoms with Gasteiger partial charge in [-0.1, -0.05) is 0 Å².